The number of benzene rings is 2. The molecule has 3 nitrogen and oxygen atoms in total. The molecular weight excluding hydrogens is 250 g/mol. The quantitative estimate of drug-likeness (QED) is 0.859. The van der Waals surface area contributed by atoms with Crippen LogP contribution < -0.4 is 15.2 Å². The van der Waals surface area contributed by atoms with Gasteiger partial charge in [-0.05, 0) is 29.8 Å². The molecule has 0 saturated carbocycles. The summed E-state index contributed by atoms with van der Waals surface area (Å²) >= 11 is 5.82. The molecule has 0 atom stereocenters. The van der Waals surface area contributed by atoms with Crippen LogP contribution in [0.3, 0.4) is 0 Å². The number of nitrogen functional groups attached to an aromatic ring is 1. The summed E-state index contributed by atoms with van der Waals surface area (Å²) < 4.78 is 10.9. The summed E-state index contributed by atoms with van der Waals surface area (Å²) in [5.74, 6) is 1.30. The van der Waals surface area contributed by atoms with Crippen LogP contribution in [0.5, 0.6) is 11.5 Å². The third kappa shape index (κ3) is 3.08. The summed E-state index contributed by atoms with van der Waals surface area (Å²) in [6, 6.07) is 12.8. The van der Waals surface area contributed by atoms with Crippen molar-refractivity contribution in [2.75, 3.05) is 12.8 Å². The molecule has 2 aromatic carbocycles. The van der Waals surface area contributed by atoms with Gasteiger partial charge in [0.2, 0.25) is 0 Å². The Bertz CT molecular complexity index is 526. The first kappa shape index (κ1) is 12.6. The van der Waals surface area contributed by atoms with E-state index in [4.69, 9.17) is 26.8 Å². The van der Waals surface area contributed by atoms with Gasteiger partial charge in [-0.2, -0.15) is 0 Å². The Balaban J connectivity index is 2.08. The van der Waals surface area contributed by atoms with Crippen LogP contribution in [-0.4, -0.2) is 7.11 Å². The van der Waals surface area contributed by atoms with Gasteiger partial charge in [-0.25, -0.2) is 0 Å². The number of nitrogens with two attached hydrogens (primary N) is 1. The van der Waals surface area contributed by atoms with Crippen molar-refractivity contribution >= 4 is 17.3 Å². The van der Waals surface area contributed by atoms with Gasteiger partial charge in [0.15, 0.2) is 11.5 Å². The largest absolute Gasteiger partial charge is 0.493 e. The Labute approximate surface area is 111 Å². The van der Waals surface area contributed by atoms with Gasteiger partial charge >= 0.3 is 0 Å². The van der Waals surface area contributed by atoms with E-state index < -0.39 is 0 Å². The van der Waals surface area contributed by atoms with Gasteiger partial charge in [0, 0.05) is 16.8 Å². The molecule has 0 bridgehead atoms. The van der Waals surface area contributed by atoms with Crippen LogP contribution >= 0.6 is 11.6 Å². The van der Waals surface area contributed by atoms with E-state index in [2.05, 4.69) is 0 Å². The molecule has 2 rings (SSSR count). The van der Waals surface area contributed by atoms with Crippen LogP contribution in [0.15, 0.2) is 42.5 Å². The van der Waals surface area contributed by atoms with Gasteiger partial charge in [0.25, 0.3) is 0 Å². The van der Waals surface area contributed by atoms with Gasteiger partial charge in [-0.15, -0.1) is 0 Å². The SMILES string of the molecule is COc1cc(N)ccc1OCc1ccc(Cl)cc1. The lowest BCUT2D eigenvalue weighted by Gasteiger charge is -2.11. The van der Waals surface area contributed by atoms with E-state index in [1.54, 1.807) is 25.3 Å². The topological polar surface area (TPSA) is 44.5 Å². The van der Waals surface area contributed by atoms with Crippen LogP contribution in [0.1, 0.15) is 5.56 Å². The first-order chi connectivity index (χ1) is 8.69. The molecule has 0 aliphatic heterocycles. The van der Waals surface area contributed by atoms with E-state index in [0.717, 1.165) is 5.56 Å². The monoisotopic (exact) mass is 263 g/mol. The van der Waals surface area contributed by atoms with Crippen molar-refractivity contribution < 1.29 is 9.47 Å². The van der Waals surface area contributed by atoms with E-state index in [1.807, 2.05) is 24.3 Å². The zero-order valence-corrected chi connectivity index (χ0v) is 10.8. The standard InChI is InChI=1S/C14H14ClNO2/c1-17-14-8-12(16)6-7-13(14)18-9-10-2-4-11(15)5-3-10/h2-8H,9,16H2,1H3. The molecule has 0 amide bonds. The summed E-state index contributed by atoms with van der Waals surface area (Å²) in [6.45, 7) is 0.456. The number of methoxy groups -OCH3 is 1. The minimum absolute atomic E-state index is 0.456. The van der Waals surface area contributed by atoms with Crippen molar-refractivity contribution in [3.8, 4) is 11.5 Å². The van der Waals surface area contributed by atoms with E-state index in [9.17, 15) is 0 Å². The second kappa shape index (κ2) is 5.65. The summed E-state index contributed by atoms with van der Waals surface area (Å²) in [7, 11) is 1.59. The average molecular weight is 264 g/mol. The lowest BCUT2D eigenvalue weighted by molar-refractivity contribution is 0.284. The molecule has 0 saturated heterocycles. The van der Waals surface area contributed by atoms with Crippen molar-refractivity contribution in [2.45, 2.75) is 6.61 Å². The highest BCUT2D eigenvalue weighted by Gasteiger charge is 2.04. The van der Waals surface area contributed by atoms with Gasteiger partial charge < -0.3 is 15.2 Å². The Hall–Kier alpha value is -1.87. The fourth-order valence-electron chi connectivity index (χ4n) is 1.55. The van der Waals surface area contributed by atoms with Crippen LogP contribution in [0, 0.1) is 0 Å². The van der Waals surface area contributed by atoms with Gasteiger partial charge in [-0.1, -0.05) is 23.7 Å². The first-order valence-electron chi connectivity index (χ1n) is 5.50. The van der Waals surface area contributed by atoms with Gasteiger partial charge in [-0.3, -0.25) is 0 Å². The molecule has 0 radical (unpaired) electrons. The molecular formula is C14H14ClNO2. The Morgan fingerprint density at radius 2 is 1.78 bits per heavy atom. The lowest BCUT2D eigenvalue weighted by atomic mass is 10.2. The Morgan fingerprint density at radius 3 is 2.44 bits per heavy atom. The molecule has 0 unspecified atom stereocenters. The van der Waals surface area contributed by atoms with Crippen LogP contribution in [0.4, 0.5) is 5.69 Å². The van der Waals surface area contributed by atoms with Gasteiger partial charge in [0.1, 0.15) is 6.61 Å². The molecule has 0 fully saturated rings. The zero-order valence-electron chi connectivity index (χ0n) is 10.0. The minimum atomic E-state index is 0.456. The number of halogens is 1. The number of hydrogen-bond acceptors (Lipinski definition) is 3. The summed E-state index contributed by atoms with van der Waals surface area (Å²) in [6.07, 6.45) is 0. The fraction of sp³-hybridized carbons (Fsp3) is 0.143. The molecule has 0 aliphatic rings. The van der Waals surface area contributed by atoms with Crippen molar-refractivity contribution in [3.05, 3.63) is 53.1 Å². The summed E-state index contributed by atoms with van der Waals surface area (Å²) in [5.41, 5.74) is 7.36. The van der Waals surface area contributed by atoms with Crippen molar-refractivity contribution in [1.29, 1.82) is 0 Å². The minimum Gasteiger partial charge on any atom is -0.493 e. The highest BCUT2D eigenvalue weighted by Crippen LogP contribution is 2.29. The third-order valence-electron chi connectivity index (χ3n) is 2.50. The maximum atomic E-state index is 5.82. The smallest absolute Gasteiger partial charge is 0.162 e. The molecule has 4 heteroatoms. The number of hydrogen-bond donors (Lipinski definition) is 1. The van der Waals surface area contributed by atoms with Crippen molar-refractivity contribution in [2.24, 2.45) is 0 Å². The van der Waals surface area contributed by atoms with E-state index >= 15 is 0 Å². The summed E-state index contributed by atoms with van der Waals surface area (Å²) in [4.78, 5) is 0. The van der Waals surface area contributed by atoms with Crippen molar-refractivity contribution in [1.82, 2.24) is 0 Å². The van der Waals surface area contributed by atoms with Crippen LogP contribution in [0.2, 0.25) is 5.02 Å². The molecule has 0 spiro atoms. The maximum Gasteiger partial charge on any atom is 0.162 e. The predicted octanol–water partition coefficient (Wildman–Crippen LogP) is 3.51. The number of rotatable bonds is 4. The third-order valence-corrected chi connectivity index (χ3v) is 2.75. The van der Waals surface area contributed by atoms with Gasteiger partial charge in [0.05, 0.1) is 7.11 Å². The Morgan fingerprint density at radius 1 is 1.06 bits per heavy atom. The number of ether oxygens (including phenoxy) is 2. The normalized spacial score (nSPS) is 10.1. The summed E-state index contributed by atoms with van der Waals surface area (Å²) in [5, 5.41) is 0.712. The van der Waals surface area contributed by atoms with E-state index in [-0.39, 0.29) is 0 Å². The average Bonchev–Trinajstić information content (AvgIpc) is 2.39. The molecule has 0 heterocycles. The molecule has 0 aromatic heterocycles. The second-order valence-corrected chi connectivity index (χ2v) is 4.26. The number of anilines is 1. The second-order valence-electron chi connectivity index (χ2n) is 3.83. The first-order valence-corrected chi connectivity index (χ1v) is 5.87. The predicted molar refractivity (Wildman–Crippen MR) is 73.2 cm³/mol. The lowest BCUT2D eigenvalue weighted by Crippen LogP contribution is -1.98. The van der Waals surface area contributed by atoms with Crippen LogP contribution in [-0.2, 0) is 6.61 Å². The Kier molecular flexibility index (Phi) is 3.95. The molecule has 94 valence electrons. The highest BCUT2D eigenvalue weighted by atomic mass is 35.5. The van der Waals surface area contributed by atoms with Crippen LogP contribution in [0.25, 0.3) is 0 Å². The van der Waals surface area contributed by atoms with E-state index in [0.29, 0.717) is 28.8 Å². The molecule has 18 heavy (non-hydrogen) atoms. The van der Waals surface area contributed by atoms with Crippen molar-refractivity contribution in [3.63, 3.8) is 0 Å². The molecule has 0 aliphatic carbocycles. The molecule has 2 N–H and O–H groups in total. The van der Waals surface area contributed by atoms with E-state index in [1.165, 1.54) is 0 Å². The highest BCUT2D eigenvalue weighted by molar-refractivity contribution is 6.30. The fourth-order valence-corrected chi connectivity index (χ4v) is 1.67. The zero-order chi connectivity index (χ0) is 13.0. The molecule has 2 aromatic rings. The maximum absolute atomic E-state index is 5.82.